The molecule has 1 aliphatic heterocycles. The van der Waals surface area contributed by atoms with Crippen LogP contribution in [-0.2, 0) is 4.79 Å². The fraction of sp³-hybridized carbons (Fsp3) is 0.400. The lowest BCUT2D eigenvalue weighted by Gasteiger charge is -2.22. The molecule has 0 unspecified atom stereocenters. The quantitative estimate of drug-likeness (QED) is 0.732. The molecular weight excluding hydrogens is 295 g/mol. The van der Waals surface area contributed by atoms with E-state index < -0.39 is 26.7 Å². The Labute approximate surface area is 92.9 Å². The normalized spacial score (nSPS) is 17.5. The Kier molecular flexibility index (Phi) is 3.14. The fourth-order valence-corrected chi connectivity index (χ4v) is 3.43. The van der Waals surface area contributed by atoms with Gasteiger partial charge in [0.2, 0.25) is 0 Å². The van der Waals surface area contributed by atoms with Crippen LogP contribution in [0.2, 0.25) is 0 Å². The fourth-order valence-electron chi connectivity index (χ4n) is 1.05. The standard InChI is InChI=1S/C10H13IO3/c1-10(2,3)7-4-6(9(13)14)5-11-8(7)12/h4-5,12H,1-3H3,(H,13,14). The van der Waals surface area contributed by atoms with Crippen molar-refractivity contribution in [2.45, 2.75) is 20.8 Å². The van der Waals surface area contributed by atoms with Crippen LogP contribution < -0.4 is 0 Å². The van der Waals surface area contributed by atoms with Gasteiger partial charge in [0.15, 0.2) is 3.77 Å². The van der Waals surface area contributed by atoms with Crippen molar-refractivity contribution in [3.8, 4) is 0 Å². The Balaban J connectivity index is 3.18. The molecule has 0 fully saturated rings. The summed E-state index contributed by atoms with van der Waals surface area (Å²) in [4.78, 5) is 10.7. The second-order valence-electron chi connectivity index (χ2n) is 4.08. The summed E-state index contributed by atoms with van der Waals surface area (Å²) in [6.07, 6.45) is 1.57. The summed E-state index contributed by atoms with van der Waals surface area (Å²) in [6, 6.07) is 0. The van der Waals surface area contributed by atoms with E-state index >= 15 is 0 Å². The van der Waals surface area contributed by atoms with E-state index in [0.717, 1.165) is 5.57 Å². The van der Waals surface area contributed by atoms with Crippen molar-refractivity contribution in [3.05, 3.63) is 21.0 Å². The molecule has 0 amide bonds. The van der Waals surface area contributed by atoms with Crippen LogP contribution in [0.3, 0.4) is 0 Å². The van der Waals surface area contributed by atoms with Gasteiger partial charge in [-0.2, -0.15) is 0 Å². The second kappa shape index (κ2) is 3.84. The van der Waals surface area contributed by atoms with Crippen LogP contribution in [0.4, 0.5) is 0 Å². The van der Waals surface area contributed by atoms with Gasteiger partial charge in [0, 0.05) is 5.57 Å². The van der Waals surface area contributed by atoms with E-state index in [-0.39, 0.29) is 5.41 Å². The SMILES string of the molecule is CC(C)(C)C1=C(O)I=CC(C(=O)O)=C1. The van der Waals surface area contributed by atoms with Crippen molar-refractivity contribution in [2.75, 3.05) is 0 Å². The van der Waals surface area contributed by atoms with Crippen molar-refractivity contribution in [1.82, 2.24) is 0 Å². The minimum atomic E-state index is -0.918. The molecule has 3 nitrogen and oxygen atoms in total. The predicted molar refractivity (Wildman–Crippen MR) is 64.9 cm³/mol. The van der Waals surface area contributed by atoms with E-state index in [0.29, 0.717) is 9.34 Å². The van der Waals surface area contributed by atoms with Gasteiger partial charge in [-0.3, -0.25) is 0 Å². The third-order valence-electron chi connectivity index (χ3n) is 1.85. The van der Waals surface area contributed by atoms with Gasteiger partial charge in [0.05, 0.1) is 5.57 Å². The molecule has 14 heavy (non-hydrogen) atoms. The van der Waals surface area contributed by atoms with Crippen LogP contribution in [0.15, 0.2) is 21.0 Å². The number of carboxylic acids is 1. The van der Waals surface area contributed by atoms with Crippen LogP contribution in [0, 0.1) is 5.41 Å². The minimum absolute atomic E-state index is 0.196. The van der Waals surface area contributed by atoms with Crippen LogP contribution in [-0.4, -0.2) is 20.2 Å². The summed E-state index contributed by atoms with van der Waals surface area (Å²) in [7, 11) is 0. The molecule has 0 radical (unpaired) electrons. The summed E-state index contributed by atoms with van der Waals surface area (Å²) in [5, 5.41) is 18.5. The maximum absolute atomic E-state index is 10.7. The van der Waals surface area contributed by atoms with E-state index in [1.807, 2.05) is 20.8 Å². The van der Waals surface area contributed by atoms with Crippen LogP contribution in [0.25, 0.3) is 0 Å². The van der Waals surface area contributed by atoms with Crippen molar-refractivity contribution in [1.29, 1.82) is 0 Å². The number of halogens is 1. The predicted octanol–water partition coefficient (Wildman–Crippen LogP) is 2.60. The topological polar surface area (TPSA) is 57.5 Å². The van der Waals surface area contributed by atoms with Gasteiger partial charge in [0.25, 0.3) is 0 Å². The zero-order chi connectivity index (χ0) is 10.9. The molecule has 0 aromatic carbocycles. The Morgan fingerprint density at radius 2 is 2.00 bits per heavy atom. The number of aliphatic hydroxyl groups is 1. The van der Waals surface area contributed by atoms with Crippen molar-refractivity contribution < 1.29 is 15.0 Å². The number of carbonyl (C=O) groups is 1. The van der Waals surface area contributed by atoms with Crippen molar-refractivity contribution in [3.63, 3.8) is 0 Å². The van der Waals surface area contributed by atoms with Crippen LogP contribution in [0.1, 0.15) is 20.8 Å². The van der Waals surface area contributed by atoms with Crippen molar-refractivity contribution >= 4 is 30.7 Å². The number of rotatable bonds is 1. The van der Waals surface area contributed by atoms with Gasteiger partial charge in [-0.25, -0.2) is 4.79 Å². The van der Waals surface area contributed by atoms with Crippen LogP contribution >= 0.6 is 20.7 Å². The first-order valence-electron chi connectivity index (χ1n) is 4.17. The third-order valence-corrected chi connectivity index (χ3v) is 4.01. The highest BCUT2D eigenvalue weighted by molar-refractivity contribution is 14.2. The number of aliphatic hydroxyl groups excluding tert-OH is 1. The van der Waals surface area contributed by atoms with Gasteiger partial charge >= 0.3 is 5.97 Å². The van der Waals surface area contributed by atoms with Gasteiger partial charge < -0.3 is 10.2 Å². The first-order valence-corrected chi connectivity index (χ1v) is 6.50. The molecular formula is C10H13IO3. The number of hydrogen-bond donors (Lipinski definition) is 2. The van der Waals surface area contributed by atoms with E-state index in [1.54, 1.807) is 10.1 Å². The van der Waals surface area contributed by atoms with E-state index in [9.17, 15) is 9.90 Å². The Bertz CT molecular complexity index is 356. The van der Waals surface area contributed by atoms with Crippen LogP contribution in [0.5, 0.6) is 0 Å². The largest absolute Gasteiger partial charge is 0.503 e. The molecule has 0 aliphatic carbocycles. The molecule has 2 N–H and O–H groups in total. The molecule has 0 bridgehead atoms. The molecule has 1 aliphatic rings. The zero-order valence-corrected chi connectivity index (χ0v) is 10.5. The number of carboxylic acid groups (broad SMARTS) is 1. The highest BCUT2D eigenvalue weighted by Crippen LogP contribution is 2.35. The monoisotopic (exact) mass is 308 g/mol. The van der Waals surface area contributed by atoms with E-state index in [4.69, 9.17) is 5.11 Å². The average Bonchev–Trinajstić information content (AvgIpc) is 2.02. The van der Waals surface area contributed by atoms with Gasteiger partial charge in [-0.1, -0.05) is 20.8 Å². The first kappa shape index (κ1) is 11.4. The third kappa shape index (κ3) is 2.43. The van der Waals surface area contributed by atoms with Gasteiger partial charge in [-0.15, -0.1) is 0 Å². The maximum Gasteiger partial charge on any atom is 0.336 e. The number of hydrogen-bond acceptors (Lipinski definition) is 2. The maximum atomic E-state index is 10.7. The zero-order valence-electron chi connectivity index (χ0n) is 8.34. The molecule has 0 aromatic heterocycles. The molecule has 4 heteroatoms. The molecule has 1 rings (SSSR count). The Morgan fingerprint density at radius 1 is 1.43 bits per heavy atom. The average molecular weight is 308 g/mol. The Morgan fingerprint density at radius 3 is 2.43 bits per heavy atom. The first-order chi connectivity index (χ1) is 6.32. The molecule has 0 spiro atoms. The highest BCUT2D eigenvalue weighted by atomic mass is 127. The molecule has 0 saturated carbocycles. The molecule has 0 aromatic rings. The van der Waals surface area contributed by atoms with E-state index in [1.165, 1.54) is 0 Å². The lowest BCUT2D eigenvalue weighted by molar-refractivity contribution is -0.131. The molecule has 78 valence electrons. The second-order valence-corrected chi connectivity index (χ2v) is 6.34. The van der Waals surface area contributed by atoms with Gasteiger partial charge in [-0.05, 0) is 36.2 Å². The number of allylic oxidation sites excluding steroid dienone is 2. The van der Waals surface area contributed by atoms with E-state index in [2.05, 4.69) is 0 Å². The highest BCUT2D eigenvalue weighted by Gasteiger charge is 2.23. The summed E-state index contributed by atoms with van der Waals surface area (Å²) < 4.78 is 2.01. The lowest BCUT2D eigenvalue weighted by atomic mass is 9.86. The summed E-state index contributed by atoms with van der Waals surface area (Å²) in [6.45, 7) is 5.89. The minimum Gasteiger partial charge on any atom is -0.503 e. The Hall–Kier alpha value is -0.650. The smallest absolute Gasteiger partial charge is 0.336 e. The van der Waals surface area contributed by atoms with Crippen molar-refractivity contribution in [2.24, 2.45) is 5.41 Å². The summed E-state index contributed by atoms with van der Waals surface area (Å²) >= 11 is -0.667. The molecule has 0 saturated heterocycles. The molecule has 0 atom stereocenters. The summed E-state index contributed by atoms with van der Waals surface area (Å²) in [5.41, 5.74) is 0.865. The lowest BCUT2D eigenvalue weighted by Crippen LogP contribution is -2.13. The van der Waals surface area contributed by atoms with Gasteiger partial charge in [0.1, 0.15) is 0 Å². The summed E-state index contributed by atoms with van der Waals surface area (Å²) in [5.74, 6) is -0.918. The molecule has 1 heterocycles. The number of aliphatic carboxylic acids is 1.